The van der Waals surface area contributed by atoms with Crippen LogP contribution in [0.5, 0.6) is 0 Å². The molecule has 0 saturated carbocycles. The highest BCUT2D eigenvalue weighted by molar-refractivity contribution is 7.92. The number of carboxylic acid groups (broad SMARTS) is 1. The minimum atomic E-state index is -3.95. The first-order valence-electron chi connectivity index (χ1n) is 4.97. The second-order valence-corrected chi connectivity index (χ2v) is 7.26. The molecule has 0 aliphatic carbocycles. The van der Waals surface area contributed by atoms with Gasteiger partial charge in [-0.05, 0) is 31.5 Å². The zero-order valence-electron chi connectivity index (χ0n) is 9.78. The lowest BCUT2D eigenvalue weighted by molar-refractivity contribution is -0.139. The topological polar surface area (TPSA) is 71.4 Å². The predicted molar refractivity (Wildman–Crippen MR) is 65.7 cm³/mol. The molecule has 0 aliphatic rings. The molecule has 1 N–H and O–H groups in total. The van der Waals surface area contributed by atoms with Crippen LogP contribution in [0.25, 0.3) is 0 Å². The van der Waals surface area contributed by atoms with Gasteiger partial charge in [0.25, 0.3) is 0 Å². The summed E-state index contributed by atoms with van der Waals surface area (Å²) in [5.74, 6) is -2.58. The van der Waals surface area contributed by atoms with Gasteiger partial charge in [0.2, 0.25) is 0 Å². The fraction of sp³-hybridized carbons (Fsp3) is 0.364. The summed E-state index contributed by atoms with van der Waals surface area (Å²) in [5, 5.41) is 8.85. The molecule has 1 aromatic rings. The van der Waals surface area contributed by atoms with E-state index in [0.717, 1.165) is 26.0 Å². The average molecular weight is 295 g/mol. The quantitative estimate of drug-likeness (QED) is 0.924. The van der Waals surface area contributed by atoms with E-state index in [1.54, 1.807) is 0 Å². The van der Waals surface area contributed by atoms with Crippen molar-refractivity contribution in [3.05, 3.63) is 34.6 Å². The zero-order valence-corrected chi connectivity index (χ0v) is 11.3. The van der Waals surface area contributed by atoms with Crippen molar-refractivity contribution in [1.82, 2.24) is 0 Å². The average Bonchev–Trinajstić information content (AvgIpc) is 2.21. The fourth-order valence-electron chi connectivity index (χ4n) is 1.16. The summed E-state index contributed by atoms with van der Waals surface area (Å²) >= 11 is 5.71. The molecule has 0 amide bonds. The third-order valence-electron chi connectivity index (χ3n) is 2.65. The van der Waals surface area contributed by atoms with E-state index in [2.05, 4.69) is 0 Å². The predicted octanol–water partition coefficient (Wildman–Crippen LogP) is 2.26. The van der Waals surface area contributed by atoms with Crippen molar-refractivity contribution in [1.29, 1.82) is 0 Å². The smallest absolute Gasteiger partial charge is 0.324 e. The van der Waals surface area contributed by atoms with Crippen molar-refractivity contribution < 1.29 is 22.7 Å². The third-order valence-corrected chi connectivity index (χ3v) is 5.43. The maximum atomic E-state index is 12.8. The summed E-state index contributed by atoms with van der Waals surface area (Å²) in [5.41, 5.74) is 0.174. The molecule has 4 nitrogen and oxygen atoms in total. The Kier molecular flexibility index (Phi) is 4.02. The zero-order chi connectivity index (χ0) is 14.1. The molecule has 0 aliphatic heterocycles. The number of aliphatic carboxylic acids is 1. The summed E-state index contributed by atoms with van der Waals surface area (Å²) in [6.45, 7) is 2.20. The van der Waals surface area contributed by atoms with Crippen molar-refractivity contribution in [2.45, 2.75) is 24.3 Å². The number of hydrogen-bond donors (Lipinski definition) is 1. The van der Waals surface area contributed by atoms with Crippen LogP contribution in [0.4, 0.5) is 4.39 Å². The van der Waals surface area contributed by atoms with Gasteiger partial charge < -0.3 is 5.11 Å². The van der Waals surface area contributed by atoms with Crippen LogP contribution in [0.1, 0.15) is 19.4 Å². The van der Waals surface area contributed by atoms with Crippen molar-refractivity contribution in [3.8, 4) is 0 Å². The molecule has 7 heteroatoms. The lowest BCUT2D eigenvalue weighted by atomic mass is 10.2. The van der Waals surface area contributed by atoms with Gasteiger partial charge in [0.1, 0.15) is 5.82 Å². The van der Waals surface area contributed by atoms with Gasteiger partial charge in [-0.1, -0.05) is 17.7 Å². The molecule has 100 valence electrons. The number of halogens is 2. The van der Waals surface area contributed by atoms with E-state index in [4.69, 9.17) is 16.7 Å². The van der Waals surface area contributed by atoms with Gasteiger partial charge in [-0.2, -0.15) is 0 Å². The molecule has 0 heterocycles. The Morgan fingerprint density at radius 2 is 2.00 bits per heavy atom. The molecule has 0 unspecified atom stereocenters. The van der Waals surface area contributed by atoms with Gasteiger partial charge in [0, 0.05) is 5.02 Å². The minimum Gasteiger partial charge on any atom is -0.480 e. The SMILES string of the molecule is CC(C)(C(=O)O)S(=O)(=O)Cc1ccc(F)cc1Cl. The van der Waals surface area contributed by atoms with Gasteiger partial charge in [0.05, 0.1) is 5.75 Å². The highest BCUT2D eigenvalue weighted by atomic mass is 35.5. The number of carboxylic acids is 1. The van der Waals surface area contributed by atoms with Gasteiger partial charge in [-0.15, -0.1) is 0 Å². The highest BCUT2D eigenvalue weighted by Crippen LogP contribution is 2.26. The van der Waals surface area contributed by atoms with Crippen LogP contribution >= 0.6 is 11.6 Å². The Morgan fingerprint density at radius 1 is 1.44 bits per heavy atom. The monoisotopic (exact) mass is 294 g/mol. The Bertz CT molecular complexity index is 581. The number of rotatable bonds is 4. The molecular weight excluding hydrogens is 283 g/mol. The molecule has 0 saturated heterocycles. The first-order chi connectivity index (χ1) is 8.08. The largest absolute Gasteiger partial charge is 0.480 e. The van der Waals surface area contributed by atoms with Gasteiger partial charge in [-0.3, -0.25) is 4.79 Å². The number of benzene rings is 1. The summed E-state index contributed by atoms with van der Waals surface area (Å²) in [7, 11) is -3.95. The first kappa shape index (κ1) is 14.9. The normalized spacial score (nSPS) is 12.4. The lowest BCUT2D eigenvalue weighted by Gasteiger charge is -2.20. The van der Waals surface area contributed by atoms with E-state index in [0.29, 0.717) is 0 Å². The van der Waals surface area contributed by atoms with Crippen LogP contribution in [-0.4, -0.2) is 24.2 Å². The van der Waals surface area contributed by atoms with Crippen molar-refractivity contribution >= 4 is 27.4 Å². The second kappa shape index (κ2) is 4.85. The third kappa shape index (κ3) is 2.81. The Labute approximate surface area is 109 Å². The van der Waals surface area contributed by atoms with Crippen LogP contribution in [-0.2, 0) is 20.4 Å². The summed E-state index contributed by atoms with van der Waals surface area (Å²) in [4.78, 5) is 10.9. The van der Waals surface area contributed by atoms with Gasteiger partial charge in [0.15, 0.2) is 14.6 Å². The number of hydrogen-bond acceptors (Lipinski definition) is 3. The summed E-state index contributed by atoms with van der Waals surface area (Å²) in [6, 6.07) is 3.29. The fourth-order valence-corrected chi connectivity index (χ4v) is 2.76. The summed E-state index contributed by atoms with van der Waals surface area (Å²) < 4.78 is 34.8. The number of sulfone groups is 1. The van der Waals surface area contributed by atoms with Crippen LogP contribution in [0.2, 0.25) is 5.02 Å². The van der Waals surface area contributed by atoms with Crippen molar-refractivity contribution in [2.75, 3.05) is 0 Å². The second-order valence-electron chi connectivity index (χ2n) is 4.31. The van der Waals surface area contributed by atoms with Crippen LogP contribution < -0.4 is 0 Å². The molecule has 1 rings (SSSR count). The van der Waals surface area contributed by atoms with Gasteiger partial charge in [-0.25, -0.2) is 12.8 Å². The first-order valence-corrected chi connectivity index (χ1v) is 7.00. The van der Waals surface area contributed by atoms with E-state index in [1.165, 1.54) is 6.07 Å². The van der Waals surface area contributed by atoms with Crippen molar-refractivity contribution in [3.63, 3.8) is 0 Å². The molecule has 18 heavy (non-hydrogen) atoms. The molecule has 1 aromatic carbocycles. The van der Waals surface area contributed by atoms with E-state index in [-0.39, 0.29) is 10.6 Å². The summed E-state index contributed by atoms with van der Waals surface area (Å²) in [6.07, 6.45) is 0. The molecule has 0 fully saturated rings. The Hall–Kier alpha value is -1.14. The lowest BCUT2D eigenvalue weighted by Crippen LogP contribution is -2.41. The Balaban J connectivity index is 3.15. The van der Waals surface area contributed by atoms with Gasteiger partial charge >= 0.3 is 5.97 Å². The number of carbonyl (C=O) groups is 1. The maximum Gasteiger partial charge on any atom is 0.324 e. The van der Waals surface area contributed by atoms with E-state index in [9.17, 15) is 17.6 Å². The molecule has 0 spiro atoms. The minimum absolute atomic E-state index is 0.0419. The van der Waals surface area contributed by atoms with E-state index >= 15 is 0 Å². The molecule has 0 atom stereocenters. The molecule has 0 bridgehead atoms. The van der Waals surface area contributed by atoms with E-state index < -0.39 is 32.1 Å². The molecular formula is C11H12ClFO4S. The highest BCUT2D eigenvalue weighted by Gasteiger charge is 2.41. The maximum absolute atomic E-state index is 12.8. The molecule has 0 aromatic heterocycles. The standard InChI is InChI=1S/C11H12ClFO4S/c1-11(2,10(14)15)18(16,17)6-7-3-4-8(13)5-9(7)12/h3-5H,6H2,1-2H3,(H,14,15). The van der Waals surface area contributed by atoms with Crippen LogP contribution in [0.15, 0.2) is 18.2 Å². The van der Waals surface area contributed by atoms with E-state index in [1.807, 2.05) is 0 Å². The van der Waals surface area contributed by atoms with Crippen LogP contribution in [0, 0.1) is 5.82 Å². The van der Waals surface area contributed by atoms with Crippen LogP contribution in [0.3, 0.4) is 0 Å². The van der Waals surface area contributed by atoms with Crippen molar-refractivity contribution in [2.24, 2.45) is 0 Å². The molecule has 0 radical (unpaired) electrons. The Morgan fingerprint density at radius 3 is 2.44 bits per heavy atom.